The Morgan fingerprint density at radius 1 is 0.541 bits per heavy atom. The van der Waals surface area contributed by atoms with E-state index < -0.39 is 91.6 Å². The van der Waals surface area contributed by atoms with Gasteiger partial charge in [0.05, 0.1) is 35.7 Å². The molecule has 11 aromatic rings. The zero-order chi connectivity index (χ0) is 60.4. The van der Waals surface area contributed by atoms with Crippen molar-refractivity contribution >= 4 is 16.9 Å². The van der Waals surface area contributed by atoms with Crippen LogP contribution in [0.25, 0.3) is 62.1 Å². The molecule has 19 nitrogen and oxygen atoms in total. The lowest BCUT2D eigenvalue weighted by atomic mass is 9.91. The quantitative estimate of drug-likeness (QED) is 0.0984. The van der Waals surface area contributed by atoms with Crippen LogP contribution >= 0.6 is 0 Å². The van der Waals surface area contributed by atoms with E-state index in [1.807, 2.05) is 19.1 Å². The Bertz CT molecular complexity index is 4180. The second-order valence-electron chi connectivity index (χ2n) is 18.4. The summed E-state index contributed by atoms with van der Waals surface area (Å²) in [6.07, 6.45) is 0.0836. The largest absolute Gasteiger partial charge is 0.472 e. The summed E-state index contributed by atoms with van der Waals surface area (Å²) in [6, 6.07) is 16.2. The maximum absolute atomic E-state index is 14.2. The predicted octanol–water partition coefficient (Wildman–Crippen LogP) is 12.0. The normalized spacial score (nSPS) is 13.6. The number of aryl methyl sites for hydroxylation is 1. The number of halogens is 13. The standard InChI is InChI=1S/C19H13F4N5O2.C18H10F5N5O.C16H13F4N5O/c1-11-2-4-13(5-3-11)30-18-27-26-16-8-24-15(9-28(16)18)12-6-14(20)17(25-7-12)29-10-19(21,22)23;19-12-3-1-10(2-4-12)16-27-26-15-7-24-14(8-28(15)16)11-5-13(20)17(25-6-11)29-9-18(21,22)23;1-8(17)14-24-23-13-6-21-12(7-25(13)14)9-2-11(18)15(22-5-9)26-10-3-16(19,20)4-10/h2-9H,10H2,1H3;1-8H,9H2;2,5-8,10H,3-4H2,1H3. The van der Waals surface area contributed by atoms with Crippen LogP contribution in [0.4, 0.5) is 57.1 Å². The van der Waals surface area contributed by atoms with Crippen molar-refractivity contribution in [1.29, 1.82) is 0 Å². The van der Waals surface area contributed by atoms with E-state index in [0.717, 1.165) is 36.2 Å². The van der Waals surface area contributed by atoms with E-state index >= 15 is 0 Å². The molecule has 0 N–H and O–H groups in total. The van der Waals surface area contributed by atoms with Gasteiger partial charge in [0.2, 0.25) is 0 Å². The molecule has 0 spiro atoms. The minimum absolute atomic E-state index is 0.1000. The first-order valence-electron chi connectivity index (χ1n) is 24.6. The van der Waals surface area contributed by atoms with Crippen molar-refractivity contribution in [1.82, 2.24) is 73.7 Å². The first-order valence-corrected chi connectivity index (χ1v) is 24.6. The number of alkyl halides is 9. The fourth-order valence-corrected chi connectivity index (χ4v) is 7.84. The lowest BCUT2D eigenvalue weighted by molar-refractivity contribution is -0.155. The summed E-state index contributed by atoms with van der Waals surface area (Å²) in [5.74, 6) is -6.84. The van der Waals surface area contributed by atoms with Crippen LogP contribution in [-0.2, 0) is 0 Å². The van der Waals surface area contributed by atoms with Gasteiger partial charge in [-0.2, -0.15) is 26.3 Å². The molecule has 1 unspecified atom stereocenters. The van der Waals surface area contributed by atoms with Crippen molar-refractivity contribution in [2.75, 3.05) is 13.2 Å². The molecule has 438 valence electrons. The molecule has 9 heterocycles. The Kier molecular flexibility index (Phi) is 16.1. The third-order valence-electron chi connectivity index (χ3n) is 11.9. The van der Waals surface area contributed by atoms with Crippen LogP contribution in [0.1, 0.15) is 37.3 Å². The van der Waals surface area contributed by atoms with Crippen LogP contribution in [0, 0.1) is 30.2 Å². The molecule has 0 aliphatic heterocycles. The van der Waals surface area contributed by atoms with Gasteiger partial charge in [0, 0.05) is 72.3 Å². The molecule has 1 fully saturated rings. The van der Waals surface area contributed by atoms with Gasteiger partial charge < -0.3 is 18.9 Å². The van der Waals surface area contributed by atoms with Crippen molar-refractivity contribution < 1.29 is 76.0 Å². The molecule has 12 rings (SSSR count). The van der Waals surface area contributed by atoms with Crippen LogP contribution in [-0.4, -0.2) is 111 Å². The molecule has 32 heteroatoms. The maximum Gasteiger partial charge on any atom is 0.422 e. The molecular weight excluding hydrogens is 1160 g/mol. The zero-order valence-corrected chi connectivity index (χ0v) is 43.3. The zero-order valence-electron chi connectivity index (χ0n) is 43.3. The molecule has 1 saturated carbocycles. The van der Waals surface area contributed by atoms with Crippen LogP contribution < -0.4 is 18.9 Å². The molecule has 0 saturated heterocycles. The summed E-state index contributed by atoms with van der Waals surface area (Å²) in [4.78, 5) is 23.5. The lowest BCUT2D eigenvalue weighted by Gasteiger charge is -2.34. The van der Waals surface area contributed by atoms with E-state index in [0.29, 0.717) is 45.3 Å². The van der Waals surface area contributed by atoms with E-state index in [1.165, 1.54) is 83.4 Å². The van der Waals surface area contributed by atoms with Gasteiger partial charge in [0.1, 0.15) is 17.7 Å². The summed E-state index contributed by atoms with van der Waals surface area (Å²) in [5, 5.41) is 23.5. The summed E-state index contributed by atoms with van der Waals surface area (Å²) in [7, 11) is 0. The Morgan fingerprint density at radius 2 is 1.00 bits per heavy atom. The fraction of sp³-hybridized carbons (Fsp3) is 0.208. The molecule has 9 aromatic heterocycles. The van der Waals surface area contributed by atoms with Crippen LogP contribution in [0.5, 0.6) is 29.4 Å². The Hall–Kier alpha value is -10.2. The predicted molar refractivity (Wildman–Crippen MR) is 270 cm³/mol. The maximum atomic E-state index is 14.2. The Balaban J connectivity index is 0.000000142. The van der Waals surface area contributed by atoms with E-state index in [9.17, 15) is 57.1 Å². The molecule has 0 radical (unpaired) electrons. The van der Waals surface area contributed by atoms with Crippen LogP contribution in [0.15, 0.2) is 123 Å². The topological polar surface area (TPSA) is 205 Å². The van der Waals surface area contributed by atoms with Gasteiger partial charge in [0.25, 0.3) is 23.6 Å². The van der Waals surface area contributed by atoms with Crippen molar-refractivity contribution in [3.05, 3.63) is 157 Å². The first kappa shape index (κ1) is 58.0. The van der Waals surface area contributed by atoms with Crippen molar-refractivity contribution in [3.63, 3.8) is 0 Å². The van der Waals surface area contributed by atoms with Gasteiger partial charge in [0.15, 0.2) is 65.4 Å². The molecule has 2 aromatic carbocycles. The minimum Gasteiger partial charge on any atom is -0.472 e. The number of hydrogen-bond donors (Lipinski definition) is 0. The highest BCUT2D eigenvalue weighted by atomic mass is 19.4. The lowest BCUT2D eigenvalue weighted by Crippen LogP contribution is -2.43. The van der Waals surface area contributed by atoms with Gasteiger partial charge in [-0.05, 0) is 68.4 Å². The third-order valence-corrected chi connectivity index (χ3v) is 11.9. The third kappa shape index (κ3) is 14.0. The van der Waals surface area contributed by atoms with Crippen LogP contribution in [0.3, 0.4) is 0 Å². The number of pyridine rings is 3. The monoisotopic (exact) mass is 1190 g/mol. The number of rotatable bonds is 13. The molecule has 0 bridgehead atoms. The number of ether oxygens (including phenoxy) is 4. The highest BCUT2D eigenvalue weighted by molar-refractivity contribution is 5.64. The van der Waals surface area contributed by atoms with E-state index in [2.05, 4.69) is 70.0 Å². The summed E-state index contributed by atoms with van der Waals surface area (Å²) < 4.78 is 192. The second-order valence-corrected chi connectivity index (χ2v) is 18.4. The average molecular weight is 1190 g/mol. The highest BCUT2D eigenvalue weighted by Crippen LogP contribution is 2.40. The SMILES string of the molecule is CC(F)c1nnc2cnc(-c3cnc(OC4CC(F)(F)C4)c(F)c3)cn12.Cc1ccc(Oc2nnc3cnc(-c4cnc(OCC(F)(F)F)c(F)c4)cn23)cc1.Fc1ccc(-c2nnc3cnc(-c4cnc(OCC(F)(F)F)c(F)c4)cn23)cc1. The smallest absolute Gasteiger partial charge is 0.422 e. The second kappa shape index (κ2) is 23.6. The number of benzene rings is 2. The van der Waals surface area contributed by atoms with Crippen molar-refractivity contribution in [2.45, 2.75) is 57.2 Å². The number of fused-ring (bicyclic) bond motifs is 3. The van der Waals surface area contributed by atoms with Gasteiger partial charge in [-0.15, -0.1) is 25.5 Å². The highest BCUT2D eigenvalue weighted by Gasteiger charge is 2.47. The Morgan fingerprint density at radius 3 is 1.49 bits per heavy atom. The number of hydrogen-bond acceptors (Lipinski definition) is 16. The molecule has 1 aliphatic carbocycles. The Labute approximate surface area is 467 Å². The molecule has 0 amide bonds. The van der Waals surface area contributed by atoms with Gasteiger partial charge in [-0.25, -0.2) is 50.1 Å². The summed E-state index contributed by atoms with van der Waals surface area (Å²) in [6.45, 7) is -0.0161. The molecule has 1 atom stereocenters. The minimum atomic E-state index is -4.61. The average Bonchev–Trinajstić information content (AvgIpc) is 4.36. The number of aromatic nitrogens is 15. The van der Waals surface area contributed by atoms with Gasteiger partial charge in [-0.1, -0.05) is 22.8 Å². The molecular formula is C53H36F13N15O4. The summed E-state index contributed by atoms with van der Waals surface area (Å²) >= 11 is 0. The van der Waals surface area contributed by atoms with E-state index in [4.69, 9.17) is 9.47 Å². The fourth-order valence-electron chi connectivity index (χ4n) is 7.84. The van der Waals surface area contributed by atoms with Crippen molar-refractivity contribution in [3.8, 4) is 74.6 Å². The van der Waals surface area contributed by atoms with Crippen molar-refractivity contribution in [2.24, 2.45) is 0 Å². The number of nitrogens with zero attached hydrogens (tertiary/aromatic N) is 15. The van der Waals surface area contributed by atoms with E-state index in [-0.39, 0.29) is 40.2 Å². The van der Waals surface area contributed by atoms with Crippen LogP contribution in [0.2, 0.25) is 0 Å². The van der Waals surface area contributed by atoms with Gasteiger partial charge in [-0.3, -0.25) is 23.8 Å². The van der Waals surface area contributed by atoms with Gasteiger partial charge >= 0.3 is 18.4 Å². The first-order chi connectivity index (χ1) is 40.4. The molecule has 1 aliphatic rings. The molecule has 85 heavy (non-hydrogen) atoms. The van der Waals surface area contributed by atoms with E-state index in [1.54, 1.807) is 16.5 Å². The summed E-state index contributed by atoms with van der Waals surface area (Å²) in [5.41, 5.74) is 4.44.